The average Bonchev–Trinajstić information content (AvgIpc) is 2.75. The van der Waals surface area contributed by atoms with E-state index < -0.39 is 0 Å². The predicted octanol–water partition coefficient (Wildman–Crippen LogP) is 7.96. The third kappa shape index (κ3) is 4.25. The second kappa shape index (κ2) is 7.97. The van der Waals surface area contributed by atoms with Gasteiger partial charge in [0.05, 0.1) is 0 Å². The van der Waals surface area contributed by atoms with Gasteiger partial charge in [-0.25, -0.2) is 0 Å². The van der Waals surface area contributed by atoms with Gasteiger partial charge >= 0.3 is 0 Å². The molecular formula is C28H27N. The van der Waals surface area contributed by atoms with Crippen molar-refractivity contribution in [3.63, 3.8) is 0 Å². The maximum absolute atomic E-state index is 2.42. The fraction of sp³-hybridized carbons (Fsp3) is 0.143. The van der Waals surface area contributed by atoms with Crippen LogP contribution < -0.4 is 4.90 Å². The van der Waals surface area contributed by atoms with Crippen LogP contribution in [0.3, 0.4) is 0 Å². The van der Waals surface area contributed by atoms with Crippen LogP contribution in [0.2, 0.25) is 0 Å². The minimum Gasteiger partial charge on any atom is -0.336 e. The molecular weight excluding hydrogens is 350 g/mol. The maximum atomic E-state index is 2.42. The van der Waals surface area contributed by atoms with E-state index in [2.05, 4.69) is 135 Å². The van der Waals surface area contributed by atoms with E-state index in [1.807, 2.05) is 0 Å². The molecule has 0 heterocycles. The SMILES string of the molecule is CC(C)(C)N(c1ccccc1)c1cc(-c2ccccc2)cc(-c2ccccc2)c1. The molecule has 0 aliphatic carbocycles. The Morgan fingerprint density at radius 1 is 0.448 bits per heavy atom. The van der Waals surface area contributed by atoms with Crippen LogP contribution >= 0.6 is 0 Å². The first-order valence-electron chi connectivity index (χ1n) is 10.1. The van der Waals surface area contributed by atoms with E-state index in [-0.39, 0.29) is 5.54 Å². The van der Waals surface area contributed by atoms with Gasteiger partial charge in [0.2, 0.25) is 0 Å². The number of rotatable bonds is 4. The van der Waals surface area contributed by atoms with Gasteiger partial charge in [-0.05, 0) is 73.4 Å². The summed E-state index contributed by atoms with van der Waals surface area (Å²) in [5.74, 6) is 0. The molecule has 0 bridgehead atoms. The van der Waals surface area contributed by atoms with Crippen molar-refractivity contribution in [3.8, 4) is 22.3 Å². The van der Waals surface area contributed by atoms with Gasteiger partial charge in [0.15, 0.2) is 0 Å². The quantitative estimate of drug-likeness (QED) is 0.349. The lowest BCUT2D eigenvalue weighted by atomic mass is 9.95. The van der Waals surface area contributed by atoms with Crippen molar-refractivity contribution in [3.05, 3.63) is 109 Å². The Balaban J connectivity index is 1.94. The summed E-state index contributed by atoms with van der Waals surface area (Å²) in [6.45, 7) is 6.78. The molecule has 1 nitrogen and oxygen atoms in total. The van der Waals surface area contributed by atoms with Crippen molar-refractivity contribution in [1.29, 1.82) is 0 Å². The molecule has 4 rings (SSSR count). The number of hydrogen-bond donors (Lipinski definition) is 0. The normalized spacial score (nSPS) is 11.3. The van der Waals surface area contributed by atoms with Crippen LogP contribution in [-0.4, -0.2) is 5.54 Å². The highest BCUT2D eigenvalue weighted by Gasteiger charge is 2.24. The average molecular weight is 378 g/mol. The molecule has 0 spiro atoms. The standard InChI is InChI=1S/C28H27N/c1-28(2,3)29(26-17-11-6-12-18-26)27-20-24(22-13-7-4-8-14-22)19-25(21-27)23-15-9-5-10-16-23/h4-21H,1-3H3. The summed E-state index contributed by atoms with van der Waals surface area (Å²) in [7, 11) is 0. The van der Waals surface area contributed by atoms with Crippen LogP contribution in [0.1, 0.15) is 20.8 Å². The molecule has 29 heavy (non-hydrogen) atoms. The van der Waals surface area contributed by atoms with Crippen molar-refractivity contribution in [2.24, 2.45) is 0 Å². The van der Waals surface area contributed by atoms with E-state index in [1.54, 1.807) is 0 Å². The first-order chi connectivity index (χ1) is 14.0. The first-order valence-corrected chi connectivity index (χ1v) is 10.1. The minimum absolute atomic E-state index is 0.0649. The fourth-order valence-corrected chi connectivity index (χ4v) is 3.84. The highest BCUT2D eigenvalue weighted by Crippen LogP contribution is 2.38. The van der Waals surface area contributed by atoms with Crippen LogP contribution in [0.25, 0.3) is 22.3 Å². The number of benzene rings is 4. The molecule has 0 aliphatic heterocycles. The molecule has 0 unspecified atom stereocenters. The van der Waals surface area contributed by atoms with E-state index in [0.29, 0.717) is 0 Å². The summed E-state index contributed by atoms with van der Waals surface area (Å²) in [5, 5.41) is 0. The molecule has 0 fully saturated rings. The van der Waals surface area contributed by atoms with E-state index in [1.165, 1.54) is 33.6 Å². The van der Waals surface area contributed by atoms with Crippen LogP contribution in [0, 0.1) is 0 Å². The van der Waals surface area contributed by atoms with Crippen molar-refractivity contribution in [1.82, 2.24) is 0 Å². The lowest BCUT2D eigenvalue weighted by molar-refractivity contribution is 0.560. The zero-order valence-corrected chi connectivity index (χ0v) is 17.3. The highest BCUT2D eigenvalue weighted by molar-refractivity contribution is 5.81. The van der Waals surface area contributed by atoms with E-state index in [9.17, 15) is 0 Å². The summed E-state index contributed by atoms with van der Waals surface area (Å²) in [5.41, 5.74) is 7.25. The molecule has 1 heteroatoms. The van der Waals surface area contributed by atoms with Crippen molar-refractivity contribution in [2.75, 3.05) is 4.90 Å². The van der Waals surface area contributed by atoms with Crippen molar-refractivity contribution >= 4 is 11.4 Å². The Morgan fingerprint density at radius 3 is 1.28 bits per heavy atom. The molecule has 0 saturated heterocycles. The molecule has 0 aliphatic rings. The van der Waals surface area contributed by atoms with Crippen LogP contribution in [-0.2, 0) is 0 Å². The first kappa shape index (κ1) is 19.0. The summed E-state index contributed by atoms with van der Waals surface area (Å²) in [6, 6.07) is 38.8. The van der Waals surface area contributed by atoms with Gasteiger partial charge in [-0.15, -0.1) is 0 Å². The third-order valence-electron chi connectivity index (χ3n) is 5.08. The van der Waals surface area contributed by atoms with Crippen LogP contribution in [0.5, 0.6) is 0 Å². The van der Waals surface area contributed by atoms with E-state index in [4.69, 9.17) is 0 Å². The lowest BCUT2D eigenvalue weighted by Gasteiger charge is -2.38. The Hall–Kier alpha value is -3.32. The maximum Gasteiger partial charge on any atom is 0.0428 e. The predicted molar refractivity (Wildman–Crippen MR) is 126 cm³/mol. The van der Waals surface area contributed by atoms with Gasteiger partial charge in [0, 0.05) is 16.9 Å². The molecule has 4 aromatic carbocycles. The van der Waals surface area contributed by atoms with Gasteiger partial charge in [0.25, 0.3) is 0 Å². The Kier molecular flexibility index (Phi) is 5.22. The summed E-state index contributed by atoms with van der Waals surface area (Å²) in [6.07, 6.45) is 0. The van der Waals surface area contributed by atoms with Gasteiger partial charge in [-0.2, -0.15) is 0 Å². The minimum atomic E-state index is -0.0649. The summed E-state index contributed by atoms with van der Waals surface area (Å²) < 4.78 is 0. The zero-order chi connectivity index (χ0) is 20.3. The molecule has 144 valence electrons. The molecule has 0 radical (unpaired) electrons. The number of nitrogens with zero attached hydrogens (tertiary/aromatic N) is 1. The number of para-hydroxylation sites is 1. The fourth-order valence-electron chi connectivity index (χ4n) is 3.84. The Labute approximate surface area is 174 Å². The third-order valence-corrected chi connectivity index (χ3v) is 5.08. The van der Waals surface area contributed by atoms with Crippen molar-refractivity contribution in [2.45, 2.75) is 26.3 Å². The molecule has 0 amide bonds. The number of anilines is 2. The van der Waals surface area contributed by atoms with Crippen LogP contribution in [0.4, 0.5) is 11.4 Å². The summed E-state index contributed by atoms with van der Waals surface area (Å²) in [4.78, 5) is 2.42. The second-order valence-corrected chi connectivity index (χ2v) is 8.34. The molecule has 0 atom stereocenters. The largest absolute Gasteiger partial charge is 0.336 e. The van der Waals surface area contributed by atoms with Gasteiger partial charge in [0.1, 0.15) is 0 Å². The van der Waals surface area contributed by atoms with Gasteiger partial charge in [-0.3, -0.25) is 0 Å². The second-order valence-electron chi connectivity index (χ2n) is 8.34. The molecule has 0 aromatic heterocycles. The Morgan fingerprint density at radius 2 is 0.862 bits per heavy atom. The van der Waals surface area contributed by atoms with Crippen molar-refractivity contribution < 1.29 is 0 Å². The molecule has 0 saturated carbocycles. The highest BCUT2D eigenvalue weighted by atomic mass is 15.2. The Bertz CT molecular complexity index is 1000. The van der Waals surface area contributed by atoms with Crippen LogP contribution in [0.15, 0.2) is 109 Å². The smallest absolute Gasteiger partial charge is 0.0428 e. The summed E-state index contributed by atoms with van der Waals surface area (Å²) >= 11 is 0. The van der Waals surface area contributed by atoms with E-state index in [0.717, 1.165) is 0 Å². The van der Waals surface area contributed by atoms with E-state index >= 15 is 0 Å². The monoisotopic (exact) mass is 377 g/mol. The number of hydrogen-bond acceptors (Lipinski definition) is 1. The zero-order valence-electron chi connectivity index (χ0n) is 17.3. The van der Waals surface area contributed by atoms with Gasteiger partial charge < -0.3 is 4.90 Å². The van der Waals surface area contributed by atoms with Gasteiger partial charge in [-0.1, -0.05) is 78.9 Å². The molecule has 4 aromatic rings. The topological polar surface area (TPSA) is 3.24 Å². The lowest BCUT2D eigenvalue weighted by Crippen LogP contribution is -2.37. The molecule has 0 N–H and O–H groups in total.